The van der Waals surface area contributed by atoms with Gasteiger partial charge >= 0.3 is 0 Å². The van der Waals surface area contributed by atoms with Gasteiger partial charge in [-0.15, -0.1) is 0 Å². The maximum Gasteiger partial charge on any atom is 0.278 e. The summed E-state index contributed by atoms with van der Waals surface area (Å²) < 4.78 is 26.4. The molecular weight excluding hydrogens is 302 g/mol. The van der Waals surface area contributed by atoms with Gasteiger partial charge in [-0.3, -0.25) is 14.5 Å². The highest BCUT2D eigenvalue weighted by Gasteiger charge is 2.20. The molecule has 1 heterocycles. The molecule has 0 atom stereocenters. The number of nitrogens with two attached hydrogens (primary N) is 2. The summed E-state index contributed by atoms with van der Waals surface area (Å²) in [6.45, 7) is 0. The minimum atomic E-state index is -4.03. The summed E-state index contributed by atoms with van der Waals surface area (Å²) in [5.74, 6) is -0.183. The highest BCUT2D eigenvalue weighted by atomic mass is 32.2. The molecule has 0 aliphatic carbocycles. The van der Waals surface area contributed by atoms with Crippen molar-refractivity contribution in [2.75, 3.05) is 16.2 Å². The first kappa shape index (κ1) is 14.1. The first-order valence-corrected chi connectivity index (χ1v) is 7.20. The molecule has 0 aliphatic rings. The third kappa shape index (κ3) is 2.65. The van der Waals surface area contributed by atoms with Crippen molar-refractivity contribution in [2.45, 2.75) is 4.90 Å². The van der Waals surface area contributed by atoms with E-state index in [4.69, 9.17) is 23.7 Å². The summed E-state index contributed by atoms with van der Waals surface area (Å²) in [6, 6.07) is 5.85. The van der Waals surface area contributed by atoms with Crippen molar-refractivity contribution in [3.63, 3.8) is 0 Å². The number of hydrogen-bond acceptors (Lipinski definition) is 6. The normalized spacial score (nSPS) is 11.2. The van der Waals surface area contributed by atoms with Crippen molar-refractivity contribution in [3.8, 4) is 0 Å². The third-order valence-corrected chi connectivity index (χ3v) is 4.04. The van der Waals surface area contributed by atoms with Gasteiger partial charge < -0.3 is 16.5 Å². The van der Waals surface area contributed by atoms with Crippen LogP contribution in [0.4, 0.5) is 17.2 Å². The molecule has 1 aromatic heterocycles. The number of sulfonamides is 1. The molecule has 0 fully saturated rings. The van der Waals surface area contributed by atoms with Crippen LogP contribution >= 0.6 is 12.2 Å². The molecule has 0 saturated carbocycles. The largest absolute Gasteiger partial charge is 0.398 e. The van der Waals surface area contributed by atoms with E-state index in [1.54, 1.807) is 6.07 Å². The zero-order valence-electron chi connectivity index (χ0n) is 10.0. The fourth-order valence-electron chi connectivity index (χ4n) is 1.52. The first-order chi connectivity index (χ1) is 9.31. The molecule has 0 bridgehead atoms. The predicted molar refractivity (Wildman–Crippen MR) is 78.3 cm³/mol. The number of para-hydroxylation sites is 1. The average Bonchev–Trinajstić information content (AvgIpc) is 2.34. The Bertz CT molecular complexity index is 869. The number of benzene rings is 1. The summed E-state index contributed by atoms with van der Waals surface area (Å²) in [4.78, 5) is 16.2. The Morgan fingerprint density at radius 3 is 2.40 bits per heavy atom. The Morgan fingerprint density at radius 1 is 1.15 bits per heavy atom. The van der Waals surface area contributed by atoms with Crippen molar-refractivity contribution >= 4 is 39.4 Å². The smallest absolute Gasteiger partial charge is 0.278 e. The van der Waals surface area contributed by atoms with Crippen molar-refractivity contribution in [3.05, 3.63) is 39.4 Å². The van der Waals surface area contributed by atoms with Crippen LogP contribution in [0.25, 0.3) is 0 Å². The van der Waals surface area contributed by atoms with Gasteiger partial charge in [-0.05, 0) is 24.4 Å². The lowest BCUT2D eigenvalue weighted by Crippen LogP contribution is -2.23. The zero-order valence-corrected chi connectivity index (χ0v) is 11.6. The number of nitrogen functional groups attached to an aromatic ring is 2. The van der Waals surface area contributed by atoms with Gasteiger partial charge in [-0.2, -0.15) is 0 Å². The minimum Gasteiger partial charge on any atom is -0.398 e. The van der Waals surface area contributed by atoms with E-state index < -0.39 is 15.6 Å². The SMILES string of the molecule is Nc1ccccc1S(=O)(=O)Nc1c(N)[nH]c(=S)[nH]c1=O. The van der Waals surface area contributed by atoms with Crippen LogP contribution in [0.1, 0.15) is 0 Å². The maximum atomic E-state index is 12.2. The molecule has 106 valence electrons. The Kier molecular flexibility index (Phi) is 3.51. The molecule has 0 radical (unpaired) electrons. The molecule has 0 spiro atoms. The lowest BCUT2D eigenvalue weighted by atomic mass is 10.3. The zero-order chi connectivity index (χ0) is 14.9. The topological polar surface area (TPSA) is 147 Å². The van der Waals surface area contributed by atoms with Crippen LogP contribution in [0.2, 0.25) is 0 Å². The number of aromatic nitrogens is 2. The number of rotatable bonds is 3. The highest BCUT2D eigenvalue weighted by Crippen LogP contribution is 2.21. The molecule has 0 saturated heterocycles. The molecule has 7 N–H and O–H groups in total. The van der Waals surface area contributed by atoms with Crippen LogP contribution in [0.3, 0.4) is 0 Å². The second-order valence-corrected chi connectivity index (χ2v) is 5.90. The van der Waals surface area contributed by atoms with Crippen molar-refractivity contribution < 1.29 is 8.42 Å². The van der Waals surface area contributed by atoms with Crippen LogP contribution < -0.4 is 21.7 Å². The van der Waals surface area contributed by atoms with E-state index in [0.717, 1.165) is 0 Å². The van der Waals surface area contributed by atoms with E-state index in [-0.39, 0.29) is 26.9 Å². The number of anilines is 3. The van der Waals surface area contributed by atoms with E-state index in [9.17, 15) is 13.2 Å². The van der Waals surface area contributed by atoms with Gasteiger partial charge in [0.1, 0.15) is 10.7 Å². The Hall–Kier alpha value is -2.33. The van der Waals surface area contributed by atoms with Gasteiger partial charge in [-0.1, -0.05) is 12.1 Å². The van der Waals surface area contributed by atoms with Crippen molar-refractivity contribution in [1.82, 2.24) is 9.97 Å². The predicted octanol–water partition coefficient (Wildman–Crippen LogP) is 0.398. The summed E-state index contributed by atoms with van der Waals surface area (Å²) in [6.07, 6.45) is 0. The quantitative estimate of drug-likeness (QED) is 0.409. The lowest BCUT2D eigenvalue weighted by Gasteiger charge is -2.10. The second-order valence-electron chi connectivity index (χ2n) is 3.84. The van der Waals surface area contributed by atoms with Crippen LogP contribution in [-0.2, 0) is 10.0 Å². The molecule has 0 unspecified atom stereocenters. The molecule has 2 aromatic rings. The summed E-state index contributed by atoms with van der Waals surface area (Å²) in [7, 11) is -4.03. The standard InChI is InChI=1S/C10H11N5O3S2/c11-5-3-1-2-4-6(5)20(17,18)15-7-8(12)13-10(19)14-9(7)16/h1-4,15H,11H2,(H4,12,13,14,16,19). The van der Waals surface area contributed by atoms with Gasteiger partial charge in [0.05, 0.1) is 5.69 Å². The van der Waals surface area contributed by atoms with Gasteiger partial charge in [0.25, 0.3) is 15.6 Å². The van der Waals surface area contributed by atoms with E-state index in [2.05, 4.69) is 14.7 Å². The monoisotopic (exact) mass is 313 g/mol. The maximum absolute atomic E-state index is 12.2. The van der Waals surface area contributed by atoms with E-state index in [1.807, 2.05) is 0 Å². The first-order valence-electron chi connectivity index (χ1n) is 5.30. The third-order valence-electron chi connectivity index (χ3n) is 2.42. The molecule has 10 heteroatoms. The second kappa shape index (κ2) is 4.98. The molecular formula is C10H11N5O3S2. The Balaban J connectivity index is 2.53. The van der Waals surface area contributed by atoms with Crippen molar-refractivity contribution in [2.24, 2.45) is 0 Å². The number of hydrogen-bond donors (Lipinski definition) is 5. The number of nitrogens with one attached hydrogen (secondary N) is 3. The van der Waals surface area contributed by atoms with Gasteiger partial charge in [0.15, 0.2) is 10.5 Å². The summed E-state index contributed by atoms with van der Waals surface area (Å²) in [5, 5.41) is 0. The van der Waals surface area contributed by atoms with Crippen LogP contribution in [0, 0.1) is 4.77 Å². The number of H-pyrrole nitrogens is 2. The molecule has 8 nitrogen and oxygen atoms in total. The molecule has 1 aromatic carbocycles. The fourth-order valence-corrected chi connectivity index (χ4v) is 2.94. The Morgan fingerprint density at radius 2 is 1.80 bits per heavy atom. The van der Waals surface area contributed by atoms with Gasteiger partial charge in [0, 0.05) is 0 Å². The molecule has 0 aliphatic heterocycles. The average molecular weight is 313 g/mol. The molecule has 0 amide bonds. The van der Waals surface area contributed by atoms with E-state index >= 15 is 0 Å². The fraction of sp³-hybridized carbons (Fsp3) is 0. The summed E-state index contributed by atoms with van der Waals surface area (Å²) in [5.41, 5.74) is 10.1. The summed E-state index contributed by atoms with van der Waals surface area (Å²) >= 11 is 4.71. The van der Waals surface area contributed by atoms with Crippen molar-refractivity contribution in [1.29, 1.82) is 0 Å². The lowest BCUT2D eigenvalue weighted by molar-refractivity contribution is 0.601. The van der Waals surface area contributed by atoms with Crippen LogP contribution in [0.5, 0.6) is 0 Å². The highest BCUT2D eigenvalue weighted by molar-refractivity contribution is 7.92. The van der Waals surface area contributed by atoms with Gasteiger partial charge in [0.2, 0.25) is 0 Å². The molecule has 2 rings (SSSR count). The minimum absolute atomic E-state index is 0.00493. The van der Waals surface area contributed by atoms with E-state index in [1.165, 1.54) is 18.2 Å². The van der Waals surface area contributed by atoms with E-state index in [0.29, 0.717) is 0 Å². The van der Waals surface area contributed by atoms with Crippen LogP contribution in [-0.4, -0.2) is 18.4 Å². The number of aromatic amines is 2. The Labute approximate surface area is 118 Å². The molecule has 20 heavy (non-hydrogen) atoms. The van der Waals surface area contributed by atoms with Crippen LogP contribution in [0.15, 0.2) is 34.0 Å². The van der Waals surface area contributed by atoms with Gasteiger partial charge in [-0.25, -0.2) is 8.42 Å².